The van der Waals surface area contributed by atoms with Crippen molar-refractivity contribution in [2.45, 2.75) is 0 Å². The molecule has 0 amide bonds. The minimum atomic E-state index is -0.526. The third kappa shape index (κ3) is 2.57. The predicted octanol–water partition coefficient (Wildman–Crippen LogP) is 2.71. The summed E-state index contributed by atoms with van der Waals surface area (Å²) < 4.78 is 10.4. The van der Waals surface area contributed by atoms with Gasteiger partial charge in [-0.2, -0.15) is 0 Å². The first-order valence-corrected chi connectivity index (χ1v) is 7.03. The predicted molar refractivity (Wildman–Crippen MR) is 89.6 cm³/mol. The Hall–Kier alpha value is -3.08. The van der Waals surface area contributed by atoms with Crippen molar-refractivity contribution in [3.63, 3.8) is 0 Å². The number of hydrogen-bond donors (Lipinski definition) is 1. The fourth-order valence-corrected chi connectivity index (χ4v) is 2.43. The van der Waals surface area contributed by atoms with Gasteiger partial charge in [-0.25, -0.2) is 0 Å². The SMILES string of the molecule is COc1ccc(Nc2c(-c3ccccc3)c(=O)c2=O)c(OC)c1. The second-order valence-corrected chi connectivity index (χ2v) is 4.97. The van der Waals surface area contributed by atoms with Crippen LogP contribution in [0.3, 0.4) is 0 Å². The topological polar surface area (TPSA) is 64.6 Å². The van der Waals surface area contributed by atoms with Crippen LogP contribution in [0.15, 0.2) is 58.1 Å². The van der Waals surface area contributed by atoms with Crippen LogP contribution < -0.4 is 25.6 Å². The average Bonchev–Trinajstić information content (AvgIpc) is 2.61. The number of anilines is 2. The molecule has 0 saturated carbocycles. The van der Waals surface area contributed by atoms with Crippen LogP contribution in [0.2, 0.25) is 0 Å². The molecule has 3 aromatic rings. The smallest absolute Gasteiger partial charge is 0.250 e. The van der Waals surface area contributed by atoms with Crippen molar-refractivity contribution in [2.75, 3.05) is 19.5 Å². The lowest BCUT2D eigenvalue weighted by Gasteiger charge is -2.16. The third-order valence-corrected chi connectivity index (χ3v) is 3.64. The van der Waals surface area contributed by atoms with Crippen molar-refractivity contribution in [2.24, 2.45) is 0 Å². The zero-order chi connectivity index (χ0) is 16.4. The van der Waals surface area contributed by atoms with Crippen molar-refractivity contribution in [3.8, 4) is 22.6 Å². The first-order chi connectivity index (χ1) is 11.2. The molecule has 0 heterocycles. The maximum absolute atomic E-state index is 11.9. The molecule has 0 atom stereocenters. The van der Waals surface area contributed by atoms with Crippen LogP contribution in [0, 0.1) is 0 Å². The molecule has 0 aliphatic rings. The van der Waals surface area contributed by atoms with Crippen LogP contribution in [0.5, 0.6) is 11.5 Å². The molecular formula is C18H15NO4. The van der Waals surface area contributed by atoms with Gasteiger partial charge in [0.05, 0.1) is 25.5 Å². The van der Waals surface area contributed by atoms with Gasteiger partial charge in [0.15, 0.2) is 0 Å². The molecule has 0 saturated heterocycles. The van der Waals surface area contributed by atoms with Gasteiger partial charge < -0.3 is 14.8 Å². The van der Waals surface area contributed by atoms with Crippen LogP contribution in [-0.2, 0) is 0 Å². The second-order valence-electron chi connectivity index (χ2n) is 4.97. The first-order valence-electron chi connectivity index (χ1n) is 7.03. The molecular weight excluding hydrogens is 294 g/mol. The minimum Gasteiger partial charge on any atom is -0.497 e. The lowest BCUT2D eigenvalue weighted by molar-refractivity contribution is 0.395. The Balaban J connectivity index is 2.01. The normalized spacial score (nSPS) is 10.5. The van der Waals surface area contributed by atoms with E-state index in [0.717, 1.165) is 0 Å². The number of nitrogens with one attached hydrogen (secondary N) is 1. The summed E-state index contributed by atoms with van der Waals surface area (Å²) in [5.74, 6) is 1.16. The quantitative estimate of drug-likeness (QED) is 0.734. The molecule has 0 bridgehead atoms. The Morgan fingerprint density at radius 2 is 1.61 bits per heavy atom. The Bertz CT molecular complexity index is 909. The maximum atomic E-state index is 11.9. The van der Waals surface area contributed by atoms with E-state index in [9.17, 15) is 9.59 Å². The first kappa shape index (κ1) is 14.8. The van der Waals surface area contributed by atoms with Crippen LogP contribution in [0.1, 0.15) is 0 Å². The van der Waals surface area contributed by atoms with Crippen molar-refractivity contribution >= 4 is 11.4 Å². The van der Waals surface area contributed by atoms with Crippen LogP contribution in [-0.4, -0.2) is 14.2 Å². The minimum absolute atomic E-state index is 0.282. The average molecular weight is 309 g/mol. The van der Waals surface area contributed by atoms with Crippen molar-refractivity contribution in [3.05, 3.63) is 69.0 Å². The Morgan fingerprint density at radius 1 is 0.870 bits per heavy atom. The van der Waals surface area contributed by atoms with Gasteiger partial charge in [-0.3, -0.25) is 9.59 Å². The number of benzene rings is 2. The summed E-state index contributed by atoms with van der Waals surface area (Å²) in [5, 5.41) is 3.01. The summed E-state index contributed by atoms with van der Waals surface area (Å²) in [7, 11) is 3.09. The zero-order valence-electron chi connectivity index (χ0n) is 12.8. The highest BCUT2D eigenvalue weighted by molar-refractivity contribution is 5.85. The highest BCUT2D eigenvalue weighted by Gasteiger charge is 2.23. The summed E-state index contributed by atoms with van der Waals surface area (Å²) >= 11 is 0. The fourth-order valence-electron chi connectivity index (χ4n) is 2.43. The van der Waals surface area contributed by atoms with Gasteiger partial charge in [-0.15, -0.1) is 0 Å². The van der Waals surface area contributed by atoms with Gasteiger partial charge >= 0.3 is 0 Å². The molecule has 5 heteroatoms. The van der Waals surface area contributed by atoms with Gasteiger partial charge in [-0.05, 0) is 17.7 Å². The van der Waals surface area contributed by atoms with Gasteiger partial charge in [0.2, 0.25) is 5.43 Å². The largest absolute Gasteiger partial charge is 0.497 e. The maximum Gasteiger partial charge on any atom is 0.250 e. The van der Waals surface area contributed by atoms with E-state index in [1.165, 1.54) is 7.11 Å². The summed E-state index contributed by atoms with van der Waals surface area (Å²) in [6.07, 6.45) is 0. The molecule has 0 fully saturated rings. The van der Waals surface area contributed by atoms with Crippen LogP contribution in [0.25, 0.3) is 11.1 Å². The van der Waals surface area contributed by atoms with Gasteiger partial charge in [0.1, 0.15) is 17.2 Å². The molecule has 0 aliphatic heterocycles. The highest BCUT2D eigenvalue weighted by Crippen LogP contribution is 2.33. The molecule has 1 N–H and O–H groups in total. The Kier molecular flexibility index (Phi) is 3.85. The van der Waals surface area contributed by atoms with E-state index in [4.69, 9.17) is 9.47 Å². The molecule has 23 heavy (non-hydrogen) atoms. The second kappa shape index (κ2) is 5.96. The molecule has 5 nitrogen and oxygen atoms in total. The van der Waals surface area contributed by atoms with Crippen molar-refractivity contribution in [1.29, 1.82) is 0 Å². The number of ether oxygens (including phenoxy) is 2. The van der Waals surface area contributed by atoms with Gasteiger partial charge in [-0.1, -0.05) is 30.3 Å². The van der Waals surface area contributed by atoms with Gasteiger partial charge in [0.25, 0.3) is 5.43 Å². The molecule has 0 aromatic heterocycles. The highest BCUT2D eigenvalue weighted by atomic mass is 16.5. The molecule has 0 spiro atoms. The van der Waals surface area contributed by atoms with E-state index in [-0.39, 0.29) is 5.69 Å². The summed E-state index contributed by atoms with van der Waals surface area (Å²) in [4.78, 5) is 23.9. The molecule has 3 aromatic carbocycles. The van der Waals surface area contributed by atoms with E-state index >= 15 is 0 Å². The van der Waals surface area contributed by atoms with E-state index < -0.39 is 10.9 Å². The number of rotatable bonds is 5. The van der Waals surface area contributed by atoms with E-state index in [1.807, 2.05) is 18.2 Å². The zero-order valence-corrected chi connectivity index (χ0v) is 12.8. The lowest BCUT2D eigenvalue weighted by atomic mass is 9.98. The fraction of sp³-hybridized carbons (Fsp3) is 0.111. The van der Waals surface area contributed by atoms with Crippen molar-refractivity contribution in [1.82, 2.24) is 0 Å². The van der Waals surface area contributed by atoms with E-state index in [1.54, 1.807) is 37.4 Å². The summed E-state index contributed by atoms with van der Waals surface area (Å²) in [6.45, 7) is 0. The molecule has 0 radical (unpaired) electrons. The monoisotopic (exact) mass is 309 g/mol. The molecule has 116 valence electrons. The standard InChI is InChI=1S/C18H15NO4/c1-22-12-8-9-13(14(10-12)23-2)19-16-15(17(20)18(16)21)11-6-4-3-5-7-11/h3-10,19H,1-2H3. The lowest BCUT2D eigenvalue weighted by Crippen LogP contribution is -2.35. The third-order valence-electron chi connectivity index (χ3n) is 3.64. The van der Waals surface area contributed by atoms with Crippen LogP contribution in [0.4, 0.5) is 11.4 Å². The molecule has 0 unspecified atom stereocenters. The Morgan fingerprint density at radius 3 is 2.26 bits per heavy atom. The summed E-state index contributed by atoms with van der Waals surface area (Å²) in [6, 6.07) is 14.3. The summed E-state index contributed by atoms with van der Waals surface area (Å²) in [5.41, 5.74) is 0.982. The van der Waals surface area contributed by atoms with E-state index in [0.29, 0.717) is 28.3 Å². The number of methoxy groups -OCH3 is 2. The van der Waals surface area contributed by atoms with Crippen LogP contribution >= 0.6 is 0 Å². The van der Waals surface area contributed by atoms with Gasteiger partial charge in [0, 0.05) is 6.07 Å². The van der Waals surface area contributed by atoms with E-state index in [2.05, 4.69) is 5.32 Å². The Labute approximate surface area is 132 Å². The van der Waals surface area contributed by atoms with Crippen molar-refractivity contribution < 1.29 is 9.47 Å². The number of hydrogen-bond acceptors (Lipinski definition) is 5. The molecule has 0 aliphatic carbocycles. The molecule has 3 rings (SSSR count).